The van der Waals surface area contributed by atoms with Gasteiger partial charge in [0.1, 0.15) is 0 Å². The Balaban J connectivity index is 1.53. The average molecular weight is 596 g/mol. The van der Waals surface area contributed by atoms with E-state index in [1.165, 1.54) is 33.6 Å². The first-order chi connectivity index (χ1) is 20.7. The van der Waals surface area contributed by atoms with Crippen molar-refractivity contribution in [1.29, 1.82) is 0 Å². The highest BCUT2D eigenvalue weighted by Crippen LogP contribution is 2.30. The lowest BCUT2D eigenvalue weighted by molar-refractivity contribution is -0.143. The van der Waals surface area contributed by atoms with Crippen LogP contribution in [-0.2, 0) is 28.8 Å². The quantitative estimate of drug-likeness (QED) is 0.110. The molecule has 4 nitrogen and oxygen atoms in total. The molecule has 0 spiro atoms. The van der Waals surface area contributed by atoms with Crippen LogP contribution in [0.1, 0.15) is 95.9 Å². The van der Waals surface area contributed by atoms with Crippen LogP contribution in [0.4, 0.5) is 5.69 Å². The minimum atomic E-state index is -0.170. The highest BCUT2D eigenvalue weighted by atomic mass is 32.1. The number of aryl methyl sites for hydroxylation is 1. The summed E-state index contributed by atoms with van der Waals surface area (Å²) in [6.07, 6.45) is 3.98. The van der Waals surface area contributed by atoms with Gasteiger partial charge in [-0.2, -0.15) is 0 Å². The van der Waals surface area contributed by atoms with Gasteiger partial charge in [-0.3, -0.25) is 9.59 Å². The zero-order valence-electron chi connectivity index (χ0n) is 26.2. The van der Waals surface area contributed by atoms with Crippen molar-refractivity contribution in [3.05, 3.63) is 123 Å². The molecule has 1 N–H and O–H groups in total. The molecule has 226 valence electrons. The van der Waals surface area contributed by atoms with Crippen LogP contribution in [-0.4, -0.2) is 18.4 Å². The van der Waals surface area contributed by atoms with E-state index in [0.29, 0.717) is 41.7 Å². The second-order valence-electron chi connectivity index (χ2n) is 12.1. The molecule has 4 aromatic rings. The number of ketones is 1. The van der Waals surface area contributed by atoms with Crippen molar-refractivity contribution in [2.75, 3.05) is 11.9 Å². The summed E-state index contributed by atoms with van der Waals surface area (Å²) in [4.78, 5) is 26.9. The lowest BCUT2D eigenvalue weighted by Gasteiger charge is -2.22. The summed E-state index contributed by atoms with van der Waals surface area (Å²) in [6, 6.07) is 29.5. The van der Waals surface area contributed by atoms with E-state index in [9.17, 15) is 9.59 Å². The third-order valence-electron chi connectivity index (χ3n) is 7.34. The number of carbonyl (C=O) groups is 2. The lowest BCUT2D eigenvalue weighted by atomic mass is 9.93. The van der Waals surface area contributed by atoms with Gasteiger partial charge in [-0.25, -0.2) is 0 Å². The van der Waals surface area contributed by atoms with Crippen molar-refractivity contribution >= 4 is 28.8 Å². The molecule has 0 aliphatic heterocycles. The Kier molecular flexibility index (Phi) is 11.7. The SMILES string of the molecule is CCOC(=O)CCCc1ccc(C(=O)c2cccc(NC(c3ccc(CC(C)C)cc3)c3ccc(CC(C)C)cc3)c2)s1. The van der Waals surface area contributed by atoms with Crippen molar-refractivity contribution in [3.8, 4) is 0 Å². The maximum absolute atomic E-state index is 13.5. The van der Waals surface area contributed by atoms with E-state index in [4.69, 9.17) is 4.74 Å². The number of hydrogen-bond acceptors (Lipinski definition) is 5. The zero-order chi connectivity index (χ0) is 30.8. The van der Waals surface area contributed by atoms with Gasteiger partial charge in [0.15, 0.2) is 0 Å². The predicted octanol–water partition coefficient (Wildman–Crippen LogP) is 9.46. The molecule has 1 aromatic heterocycles. The van der Waals surface area contributed by atoms with E-state index in [0.717, 1.165) is 29.8 Å². The average Bonchev–Trinajstić information content (AvgIpc) is 3.45. The number of benzene rings is 3. The molecule has 4 rings (SSSR count). The van der Waals surface area contributed by atoms with Gasteiger partial charge >= 0.3 is 5.97 Å². The summed E-state index contributed by atoms with van der Waals surface area (Å²) in [7, 11) is 0. The van der Waals surface area contributed by atoms with E-state index >= 15 is 0 Å². The number of carbonyl (C=O) groups excluding carboxylic acids is 2. The molecule has 0 saturated carbocycles. The topological polar surface area (TPSA) is 55.4 Å². The minimum absolute atomic E-state index is 0.0120. The third-order valence-corrected chi connectivity index (χ3v) is 8.49. The molecule has 0 unspecified atom stereocenters. The smallest absolute Gasteiger partial charge is 0.305 e. The van der Waals surface area contributed by atoms with E-state index < -0.39 is 0 Å². The van der Waals surface area contributed by atoms with Crippen molar-refractivity contribution in [1.82, 2.24) is 0 Å². The zero-order valence-corrected chi connectivity index (χ0v) is 27.0. The molecule has 0 atom stereocenters. The fraction of sp³-hybridized carbons (Fsp3) is 0.368. The van der Waals surface area contributed by atoms with E-state index in [-0.39, 0.29) is 17.8 Å². The van der Waals surface area contributed by atoms with E-state index in [1.54, 1.807) is 0 Å². The molecule has 0 aliphatic rings. The second-order valence-corrected chi connectivity index (χ2v) is 13.3. The number of hydrogen-bond donors (Lipinski definition) is 1. The van der Waals surface area contributed by atoms with Crippen LogP contribution >= 0.6 is 11.3 Å². The standard InChI is InChI=1S/C38H45NO3S/c1-6-42-36(40)12-8-11-34-21-22-35(43-34)38(41)32-9-7-10-33(25-32)39-37(30-17-13-28(14-18-30)23-26(2)3)31-19-15-29(16-20-31)24-27(4)5/h7,9-10,13-22,25-27,37,39H,6,8,11-12,23-24H2,1-5H3. The van der Waals surface area contributed by atoms with Crippen molar-refractivity contribution in [3.63, 3.8) is 0 Å². The van der Waals surface area contributed by atoms with Crippen LogP contribution in [0.2, 0.25) is 0 Å². The van der Waals surface area contributed by atoms with Gasteiger partial charge in [0.25, 0.3) is 0 Å². The van der Waals surface area contributed by atoms with Crippen LogP contribution in [0.3, 0.4) is 0 Å². The van der Waals surface area contributed by atoms with E-state index in [1.807, 2.05) is 43.3 Å². The van der Waals surface area contributed by atoms with Crippen LogP contribution in [0.15, 0.2) is 84.9 Å². The molecular weight excluding hydrogens is 550 g/mol. The molecule has 43 heavy (non-hydrogen) atoms. The summed E-state index contributed by atoms with van der Waals surface area (Å²) in [5, 5.41) is 3.74. The molecule has 1 heterocycles. The fourth-order valence-corrected chi connectivity index (χ4v) is 6.34. The number of esters is 1. The minimum Gasteiger partial charge on any atom is -0.466 e. The Bertz CT molecular complexity index is 1410. The summed E-state index contributed by atoms with van der Waals surface area (Å²) in [6.45, 7) is 11.2. The van der Waals surface area contributed by atoms with Crippen LogP contribution < -0.4 is 5.32 Å². The second kappa shape index (κ2) is 15.7. The van der Waals surface area contributed by atoms with Crippen LogP contribution in [0.25, 0.3) is 0 Å². The van der Waals surface area contributed by atoms with E-state index in [2.05, 4.69) is 81.5 Å². The fourth-order valence-electron chi connectivity index (χ4n) is 5.33. The van der Waals surface area contributed by atoms with Crippen molar-refractivity contribution in [2.24, 2.45) is 11.8 Å². The summed E-state index contributed by atoms with van der Waals surface area (Å²) >= 11 is 1.50. The summed E-state index contributed by atoms with van der Waals surface area (Å²) in [5.74, 6) is 1.06. The molecule has 0 fully saturated rings. The molecule has 0 amide bonds. The van der Waals surface area contributed by atoms with Gasteiger partial charge in [-0.05, 0) is 91.0 Å². The number of anilines is 1. The summed E-state index contributed by atoms with van der Waals surface area (Å²) < 4.78 is 5.02. The monoisotopic (exact) mass is 595 g/mol. The van der Waals surface area contributed by atoms with Crippen LogP contribution in [0.5, 0.6) is 0 Å². The first-order valence-corrected chi connectivity index (χ1v) is 16.4. The van der Waals surface area contributed by atoms with Gasteiger partial charge in [0.05, 0.1) is 17.5 Å². The first kappa shape index (κ1) is 32.2. The maximum atomic E-state index is 13.5. The Labute approximate surface area is 261 Å². The Hall–Kier alpha value is -3.70. The molecule has 3 aromatic carbocycles. The highest BCUT2D eigenvalue weighted by molar-refractivity contribution is 7.14. The molecule has 5 heteroatoms. The van der Waals surface area contributed by atoms with Crippen LogP contribution in [0, 0.1) is 11.8 Å². The lowest BCUT2D eigenvalue weighted by Crippen LogP contribution is -2.13. The van der Waals surface area contributed by atoms with Gasteiger partial charge in [0.2, 0.25) is 5.78 Å². The van der Waals surface area contributed by atoms with Gasteiger partial charge in [-0.1, -0.05) is 88.4 Å². The Morgan fingerprint density at radius 3 is 1.95 bits per heavy atom. The number of ether oxygens (including phenoxy) is 1. The molecule has 0 aliphatic carbocycles. The molecule has 0 radical (unpaired) electrons. The normalized spacial score (nSPS) is 11.3. The Morgan fingerprint density at radius 2 is 1.40 bits per heavy atom. The van der Waals surface area contributed by atoms with Crippen molar-refractivity contribution < 1.29 is 14.3 Å². The Morgan fingerprint density at radius 1 is 0.791 bits per heavy atom. The maximum Gasteiger partial charge on any atom is 0.305 e. The van der Waals surface area contributed by atoms with Gasteiger partial charge in [0, 0.05) is 22.5 Å². The third kappa shape index (κ3) is 9.65. The first-order valence-electron chi connectivity index (χ1n) is 15.5. The van der Waals surface area contributed by atoms with Gasteiger partial charge < -0.3 is 10.1 Å². The summed E-state index contributed by atoms with van der Waals surface area (Å²) in [5.41, 5.74) is 6.61. The largest absolute Gasteiger partial charge is 0.466 e. The number of nitrogens with one attached hydrogen (secondary N) is 1. The number of rotatable bonds is 15. The molecular formula is C38H45NO3S. The van der Waals surface area contributed by atoms with Crippen molar-refractivity contribution in [2.45, 2.75) is 72.8 Å². The number of thiophene rings is 1. The predicted molar refractivity (Wildman–Crippen MR) is 179 cm³/mol. The molecule has 0 bridgehead atoms. The highest BCUT2D eigenvalue weighted by Gasteiger charge is 2.17. The van der Waals surface area contributed by atoms with Gasteiger partial charge in [-0.15, -0.1) is 11.3 Å². The molecule has 0 saturated heterocycles.